The van der Waals surface area contributed by atoms with Crippen molar-refractivity contribution in [3.05, 3.63) is 35.9 Å². The second-order valence-corrected chi connectivity index (χ2v) is 8.07. The maximum atomic E-state index is 4.49. The summed E-state index contributed by atoms with van der Waals surface area (Å²) in [6.07, 6.45) is 3.42. The lowest BCUT2D eigenvalue weighted by molar-refractivity contribution is 0.167. The van der Waals surface area contributed by atoms with Crippen molar-refractivity contribution >= 4 is 5.96 Å². The maximum absolute atomic E-state index is 4.49. The first-order chi connectivity index (χ1) is 13.6. The molecule has 1 aliphatic heterocycles. The number of nitrogens with zero attached hydrogens (tertiary/aromatic N) is 3. The van der Waals surface area contributed by atoms with Gasteiger partial charge in [0.15, 0.2) is 5.96 Å². The van der Waals surface area contributed by atoms with E-state index in [9.17, 15) is 0 Å². The number of aliphatic imine (C=N–C) groups is 1. The monoisotopic (exact) mass is 387 g/mol. The number of benzene rings is 1. The van der Waals surface area contributed by atoms with Crippen LogP contribution in [0.2, 0.25) is 0 Å². The van der Waals surface area contributed by atoms with Gasteiger partial charge in [0.05, 0.1) is 0 Å². The molecule has 5 heteroatoms. The zero-order valence-electron chi connectivity index (χ0n) is 18.6. The van der Waals surface area contributed by atoms with Crippen LogP contribution in [0.4, 0.5) is 0 Å². The number of guanidine groups is 1. The highest BCUT2D eigenvalue weighted by atomic mass is 15.2. The van der Waals surface area contributed by atoms with Crippen LogP contribution in [0.3, 0.4) is 0 Å². The summed E-state index contributed by atoms with van der Waals surface area (Å²) in [6.45, 7) is 14.4. The Labute approximate surface area is 172 Å². The minimum atomic E-state index is 0.457. The van der Waals surface area contributed by atoms with Gasteiger partial charge in [0, 0.05) is 44.8 Å². The number of nitrogens with one attached hydrogen (secondary N) is 2. The molecule has 0 aromatic heterocycles. The van der Waals surface area contributed by atoms with E-state index in [1.165, 1.54) is 31.5 Å². The molecule has 158 valence electrons. The fourth-order valence-electron chi connectivity index (χ4n) is 4.12. The van der Waals surface area contributed by atoms with Crippen molar-refractivity contribution in [1.82, 2.24) is 20.4 Å². The average Bonchev–Trinajstić information content (AvgIpc) is 2.72. The van der Waals surface area contributed by atoms with Crippen molar-refractivity contribution in [2.45, 2.75) is 65.1 Å². The van der Waals surface area contributed by atoms with Crippen molar-refractivity contribution in [3.8, 4) is 0 Å². The molecule has 1 saturated heterocycles. The highest BCUT2D eigenvalue weighted by molar-refractivity contribution is 5.80. The van der Waals surface area contributed by atoms with E-state index in [1.54, 1.807) is 0 Å². The molecule has 1 aromatic rings. The molecule has 0 spiro atoms. The number of likely N-dealkylation sites (N-methyl/N-ethyl adjacent to an activating group) is 1. The molecule has 1 atom stereocenters. The zero-order valence-corrected chi connectivity index (χ0v) is 18.6. The van der Waals surface area contributed by atoms with Gasteiger partial charge in [-0.2, -0.15) is 0 Å². The van der Waals surface area contributed by atoms with Crippen LogP contribution < -0.4 is 10.6 Å². The Morgan fingerprint density at radius 1 is 1.14 bits per heavy atom. The first kappa shape index (κ1) is 22.7. The van der Waals surface area contributed by atoms with Crippen molar-refractivity contribution in [1.29, 1.82) is 0 Å². The maximum Gasteiger partial charge on any atom is 0.191 e. The van der Waals surface area contributed by atoms with E-state index < -0.39 is 0 Å². The lowest BCUT2D eigenvalue weighted by Gasteiger charge is -2.36. The third-order valence-corrected chi connectivity index (χ3v) is 5.97. The predicted octanol–water partition coefficient (Wildman–Crippen LogP) is 2.98. The molecule has 0 bridgehead atoms. The number of hydrogen-bond donors (Lipinski definition) is 2. The molecular formula is C23H41N5. The molecule has 0 radical (unpaired) electrons. The fraction of sp³-hybridized carbons (Fsp3) is 0.696. The number of rotatable bonds is 9. The minimum absolute atomic E-state index is 0.457. The molecular weight excluding hydrogens is 346 g/mol. The first-order valence-corrected chi connectivity index (χ1v) is 11.1. The lowest BCUT2D eigenvalue weighted by atomic mass is 10.0. The van der Waals surface area contributed by atoms with Crippen LogP contribution in [0, 0.1) is 0 Å². The Bertz CT molecular complexity index is 560. The molecule has 2 N–H and O–H groups in total. The molecule has 2 rings (SSSR count). The van der Waals surface area contributed by atoms with Crippen LogP contribution in [0.1, 0.15) is 46.1 Å². The average molecular weight is 388 g/mol. The van der Waals surface area contributed by atoms with E-state index in [4.69, 9.17) is 0 Å². The third kappa shape index (κ3) is 7.10. The topological polar surface area (TPSA) is 42.9 Å². The summed E-state index contributed by atoms with van der Waals surface area (Å²) >= 11 is 0. The number of piperidine rings is 1. The number of hydrogen-bond acceptors (Lipinski definition) is 3. The minimum Gasteiger partial charge on any atom is -0.355 e. The van der Waals surface area contributed by atoms with Gasteiger partial charge in [-0.3, -0.25) is 9.89 Å². The second kappa shape index (κ2) is 12.1. The smallest absolute Gasteiger partial charge is 0.191 e. The summed E-state index contributed by atoms with van der Waals surface area (Å²) in [7, 11) is 1.88. The van der Waals surface area contributed by atoms with Gasteiger partial charge in [-0.1, -0.05) is 44.2 Å². The standard InChI is InChI=1S/C23H41N5/c1-6-27(7-2)22(17-20-11-9-8-10-12-20)18-25-23(24-5)26-21-13-15-28(16-14-21)19(3)4/h8-12,19,21-22H,6-7,13-18H2,1-5H3,(H2,24,25,26). The Morgan fingerprint density at radius 2 is 1.79 bits per heavy atom. The number of likely N-dealkylation sites (tertiary alicyclic amines) is 1. The predicted molar refractivity (Wildman–Crippen MR) is 121 cm³/mol. The fourth-order valence-corrected chi connectivity index (χ4v) is 4.12. The van der Waals surface area contributed by atoms with Gasteiger partial charge in [0.1, 0.15) is 0 Å². The Morgan fingerprint density at radius 3 is 2.32 bits per heavy atom. The van der Waals surface area contributed by atoms with Crippen LogP contribution in [0.25, 0.3) is 0 Å². The van der Waals surface area contributed by atoms with E-state index in [0.717, 1.165) is 32.0 Å². The van der Waals surface area contributed by atoms with Crippen LogP contribution in [-0.4, -0.2) is 73.7 Å². The normalized spacial score (nSPS) is 17.9. The van der Waals surface area contributed by atoms with E-state index in [-0.39, 0.29) is 0 Å². The van der Waals surface area contributed by atoms with E-state index in [2.05, 4.69) is 83.5 Å². The van der Waals surface area contributed by atoms with E-state index >= 15 is 0 Å². The quantitative estimate of drug-likeness (QED) is 0.505. The summed E-state index contributed by atoms with van der Waals surface area (Å²) in [5.41, 5.74) is 1.39. The van der Waals surface area contributed by atoms with Crippen LogP contribution >= 0.6 is 0 Å². The molecule has 0 saturated carbocycles. The van der Waals surface area contributed by atoms with Gasteiger partial charge >= 0.3 is 0 Å². The summed E-state index contributed by atoms with van der Waals surface area (Å²) < 4.78 is 0. The molecule has 1 heterocycles. The van der Waals surface area contributed by atoms with Gasteiger partial charge in [-0.05, 0) is 51.8 Å². The zero-order chi connectivity index (χ0) is 20.4. The molecule has 1 fully saturated rings. The summed E-state index contributed by atoms with van der Waals surface area (Å²) in [6, 6.07) is 12.4. The van der Waals surface area contributed by atoms with Gasteiger partial charge in [0.2, 0.25) is 0 Å². The molecule has 1 aliphatic rings. The van der Waals surface area contributed by atoms with Crippen molar-refractivity contribution in [3.63, 3.8) is 0 Å². The summed E-state index contributed by atoms with van der Waals surface area (Å²) in [4.78, 5) is 9.58. The van der Waals surface area contributed by atoms with Gasteiger partial charge in [-0.25, -0.2) is 0 Å². The molecule has 0 amide bonds. The van der Waals surface area contributed by atoms with E-state index in [0.29, 0.717) is 18.1 Å². The van der Waals surface area contributed by atoms with Crippen LogP contribution in [0.5, 0.6) is 0 Å². The van der Waals surface area contributed by atoms with Gasteiger partial charge in [-0.15, -0.1) is 0 Å². The van der Waals surface area contributed by atoms with Crippen molar-refractivity contribution < 1.29 is 0 Å². The second-order valence-electron chi connectivity index (χ2n) is 8.07. The van der Waals surface area contributed by atoms with E-state index in [1.807, 2.05) is 7.05 Å². The molecule has 1 unspecified atom stereocenters. The summed E-state index contributed by atoms with van der Waals surface area (Å²) in [5, 5.41) is 7.26. The highest BCUT2D eigenvalue weighted by Gasteiger charge is 2.22. The van der Waals surface area contributed by atoms with Crippen LogP contribution in [0.15, 0.2) is 35.3 Å². The van der Waals surface area contributed by atoms with Gasteiger partial charge in [0.25, 0.3) is 0 Å². The largest absolute Gasteiger partial charge is 0.355 e. The van der Waals surface area contributed by atoms with Crippen molar-refractivity contribution in [2.24, 2.45) is 4.99 Å². The van der Waals surface area contributed by atoms with Crippen molar-refractivity contribution in [2.75, 3.05) is 39.8 Å². The third-order valence-electron chi connectivity index (χ3n) is 5.97. The molecule has 0 aliphatic carbocycles. The first-order valence-electron chi connectivity index (χ1n) is 11.1. The molecule has 1 aromatic carbocycles. The Balaban J connectivity index is 1.89. The van der Waals surface area contributed by atoms with Crippen LogP contribution in [-0.2, 0) is 6.42 Å². The van der Waals surface area contributed by atoms with Gasteiger partial charge < -0.3 is 15.5 Å². The summed E-state index contributed by atoms with van der Waals surface area (Å²) in [5.74, 6) is 0.938. The molecule has 28 heavy (non-hydrogen) atoms. The molecule has 5 nitrogen and oxygen atoms in total. The highest BCUT2D eigenvalue weighted by Crippen LogP contribution is 2.13. The lowest BCUT2D eigenvalue weighted by Crippen LogP contribution is -2.52. The SMILES string of the molecule is CCN(CC)C(CNC(=NC)NC1CCN(C(C)C)CC1)Cc1ccccc1. The Kier molecular flexibility index (Phi) is 9.79. The Hall–Kier alpha value is -1.59.